The summed E-state index contributed by atoms with van der Waals surface area (Å²) < 4.78 is 23.7. The topological polar surface area (TPSA) is 61.5 Å². The lowest BCUT2D eigenvalue weighted by atomic mass is 10.1. The third kappa shape index (κ3) is 4.48. The molecule has 18 heavy (non-hydrogen) atoms. The first-order valence-electron chi connectivity index (χ1n) is 5.90. The van der Waals surface area contributed by atoms with Crippen molar-refractivity contribution in [3.05, 3.63) is 34.3 Å². The summed E-state index contributed by atoms with van der Waals surface area (Å²) in [5.74, 6) is 0. The quantitative estimate of drug-likeness (QED) is 0.771. The first-order chi connectivity index (χ1) is 8.52. The van der Waals surface area contributed by atoms with Crippen molar-refractivity contribution in [3.8, 4) is 0 Å². The average Bonchev–Trinajstić information content (AvgIpc) is 2.29. The first kappa shape index (κ1) is 15.9. The monoisotopic (exact) mass is 335 g/mol. The van der Waals surface area contributed by atoms with Gasteiger partial charge in [-0.25, -0.2) is 0 Å². The van der Waals surface area contributed by atoms with Crippen LogP contribution < -0.4 is 5.73 Å². The predicted octanol–water partition coefficient (Wildman–Crippen LogP) is 3.72. The van der Waals surface area contributed by atoms with Gasteiger partial charge in [-0.05, 0) is 25.5 Å². The van der Waals surface area contributed by atoms with Gasteiger partial charge in [0.25, 0.3) is 0 Å². The van der Waals surface area contributed by atoms with E-state index in [-0.39, 0.29) is 12.2 Å². The number of hydrogen-bond donors (Lipinski definition) is 1. The fourth-order valence-electron chi connectivity index (χ4n) is 1.65. The largest absolute Gasteiger partial charge is 0.332 e. The van der Waals surface area contributed by atoms with Crippen LogP contribution in [0.2, 0.25) is 0 Å². The highest BCUT2D eigenvalue weighted by Crippen LogP contribution is 2.50. The van der Waals surface area contributed by atoms with E-state index in [2.05, 4.69) is 15.9 Å². The molecule has 4 nitrogen and oxygen atoms in total. The number of hydrogen-bond acceptors (Lipinski definition) is 4. The summed E-state index contributed by atoms with van der Waals surface area (Å²) in [6.07, 6.45) is 0.178. The summed E-state index contributed by atoms with van der Waals surface area (Å²) in [5.41, 5.74) is 6.98. The SMILES string of the molecule is CCOP(=O)(CC(N)c1ccccc1Br)OCC. The molecule has 0 spiro atoms. The van der Waals surface area contributed by atoms with E-state index in [1.807, 2.05) is 24.3 Å². The molecule has 0 aromatic heterocycles. The van der Waals surface area contributed by atoms with E-state index in [0.29, 0.717) is 13.2 Å². The van der Waals surface area contributed by atoms with Gasteiger partial charge in [-0.3, -0.25) is 4.57 Å². The third-order valence-electron chi connectivity index (χ3n) is 2.38. The molecule has 102 valence electrons. The molecule has 0 amide bonds. The molecule has 0 fully saturated rings. The van der Waals surface area contributed by atoms with E-state index in [1.54, 1.807) is 13.8 Å². The minimum Gasteiger partial charge on any atom is -0.323 e. The number of halogens is 1. The second-order valence-electron chi connectivity index (χ2n) is 3.76. The van der Waals surface area contributed by atoms with Crippen LogP contribution in [0.5, 0.6) is 0 Å². The highest BCUT2D eigenvalue weighted by Gasteiger charge is 2.28. The Hall–Kier alpha value is -0.190. The Balaban J connectivity index is 2.82. The van der Waals surface area contributed by atoms with E-state index in [1.165, 1.54) is 0 Å². The van der Waals surface area contributed by atoms with Crippen molar-refractivity contribution in [1.29, 1.82) is 0 Å². The second-order valence-corrected chi connectivity index (χ2v) is 6.71. The molecule has 1 atom stereocenters. The van der Waals surface area contributed by atoms with Gasteiger partial charge in [0.2, 0.25) is 0 Å². The zero-order valence-corrected chi connectivity index (χ0v) is 13.1. The van der Waals surface area contributed by atoms with Gasteiger partial charge in [0.15, 0.2) is 0 Å². The zero-order valence-electron chi connectivity index (χ0n) is 10.6. The molecule has 0 heterocycles. The van der Waals surface area contributed by atoms with Crippen molar-refractivity contribution < 1.29 is 13.6 Å². The Morgan fingerprint density at radius 3 is 2.33 bits per heavy atom. The Bertz CT molecular complexity index is 418. The summed E-state index contributed by atoms with van der Waals surface area (Å²) in [6.45, 7) is 4.27. The summed E-state index contributed by atoms with van der Waals surface area (Å²) >= 11 is 3.43. The molecule has 1 aromatic carbocycles. The van der Waals surface area contributed by atoms with Crippen LogP contribution in [0.3, 0.4) is 0 Å². The van der Waals surface area contributed by atoms with Crippen molar-refractivity contribution in [2.45, 2.75) is 19.9 Å². The number of rotatable bonds is 7. The van der Waals surface area contributed by atoms with Crippen LogP contribution in [0.4, 0.5) is 0 Å². The van der Waals surface area contributed by atoms with Crippen molar-refractivity contribution in [2.24, 2.45) is 5.73 Å². The van der Waals surface area contributed by atoms with Crippen LogP contribution in [-0.2, 0) is 13.6 Å². The maximum atomic E-state index is 12.4. The van der Waals surface area contributed by atoms with Crippen molar-refractivity contribution in [1.82, 2.24) is 0 Å². The normalized spacial score (nSPS) is 13.6. The highest BCUT2D eigenvalue weighted by molar-refractivity contribution is 9.10. The molecular weight excluding hydrogens is 317 g/mol. The predicted molar refractivity (Wildman–Crippen MR) is 76.8 cm³/mol. The van der Waals surface area contributed by atoms with Gasteiger partial charge in [0.1, 0.15) is 0 Å². The van der Waals surface area contributed by atoms with E-state index >= 15 is 0 Å². The van der Waals surface area contributed by atoms with Gasteiger partial charge in [-0.15, -0.1) is 0 Å². The van der Waals surface area contributed by atoms with Gasteiger partial charge in [-0.1, -0.05) is 34.1 Å². The Labute approximate surface area is 117 Å². The third-order valence-corrected chi connectivity index (χ3v) is 5.24. The van der Waals surface area contributed by atoms with E-state index in [9.17, 15) is 4.57 Å². The molecule has 1 rings (SSSR count). The van der Waals surface area contributed by atoms with Crippen LogP contribution in [0.25, 0.3) is 0 Å². The minimum absolute atomic E-state index is 0.178. The van der Waals surface area contributed by atoms with E-state index in [0.717, 1.165) is 10.0 Å². The van der Waals surface area contributed by atoms with Gasteiger partial charge in [-0.2, -0.15) is 0 Å². The molecule has 0 aliphatic carbocycles. The van der Waals surface area contributed by atoms with E-state index in [4.69, 9.17) is 14.8 Å². The smallest absolute Gasteiger partial charge is 0.323 e. The molecule has 0 aliphatic rings. The van der Waals surface area contributed by atoms with Crippen LogP contribution >= 0.6 is 23.5 Å². The van der Waals surface area contributed by atoms with Crippen molar-refractivity contribution in [3.63, 3.8) is 0 Å². The maximum absolute atomic E-state index is 12.4. The zero-order chi connectivity index (χ0) is 13.6. The summed E-state index contributed by atoms with van der Waals surface area (Å²) in [6, 6.07) is 7.22. The maximum Gasteiger partial charge on any atom is 0.332 e. The summed E-state index contributed by atoms with van der Waals surface area (Å²) in [5, 5.41) is 0. The second kappa shape index (κ2) is 7.41. The molecule has 1 aromatic rings. The standard InChI is InChI=1S/C12H19BrNO3P/c1-3-16-18(15,17-4-2)9-12(14)10-7-5-6-8-11(10)13/h5-8,12H,3-4,9,14H2,1-2H3. The van der Waals surface area contributed by atoms with Crippen molar-refractivity contribution in [2.75, 3.05) is 19.4 Å². The molecule has 6 heteroatoms. The Kier molecular flexibility index (Phi) is 6.53. The lowest BCUT2D eigenvalue weighted by Gasteiger charge is -2.21. The molecule has 0 aliphatic heterocycles. The van der Waals surface area contributed by atoms with Gasteiger partial charge < -0.3 is 14.8 Å². The minimum atomic E-state index is -3.11. The highest BCUT2D eigenvalue weighted by atomic mass is 79.9. The Morgan fingerprint density at radius 1 is 1.28 bits per heavy atom. The average molecular weight is 336 g/mol. The fraction of sp³-hybridized carbons (Fsp3) is 0.500. The lowest BCUT2D eigenvalue weighted by molar-refractivity contribution is 0.218. The van der Waals surface area contributed by atoms with Crippen LogP contribution in [0.1, 0.15) is 25.5 Å². The Morgan fingerprint density at radius 2 is 1.83 bits per heavy atom. The molecule has 1 unspecified atom stereocenters. The molecule has 0 radical (unpaired) electrons. The van der Waals surface area contributed by atoms with Gasteiger partial charge in [0.05, 0.1) is 19.4 Å². The molecular formula is C12H19BrNO3P. The van der Waals surface area contributed by atoms with Crippen LogP contribution in [-0.4, -0.2) is 19.4 Å². The molecule has 0 bridgehead atoms. The van der Waals surface area contributed by atoms with Gasteiger partial charge in [0, 0.05) is 10.5 Å². The molecule has 2 N–H and O–H groups in total. The number of nitrogens with two attached hydrogens (primary N) is 1. The van der Waals surface area contributed by atoms with Crippen LogP contribution in [0.15, 0.2) is 28.7 Å². The lowest BCUT2D eigenvalue weighted by Crippen LogP contribution is -2.17. The summed E-state index contributed by atoms with van der Waals surface area (Å²) in [4.78, 5) is 0. The van der Waals surface area contributed by atoms with E-state index < -0.39 is 7.60 Å². The molecule has 0 saturated heterocycles. The number of benzene rings is 1. The van der Waals surface area contributed by atoms with Crippen molar-refractivity contribution >= 4 is 23.5 Å². The summed E-state index contributed by atoms with van der Waals surface area (Å²) in [7, 11) is -3.11. The van der Waals surface area contributed by atoms with Crippen LogP contribution in [0, 0.1) is 0 Å². The van der Waals surface area contributed by atoms with Gasteiger partial charge >= 0.3 is 7.60 Å². The fourth-order valence-corrected chi connectivity index (χ4v) is 3.98. The molecule has 0 saturated carbocycles. The first-order valence-corrected chi connectivity index (χ1v) is 8.42.